The Morgan fingerprint density at radius 1 is 0.623 bits per heavy atom. The summed E-state index contributed by atoms with van der Waals surface area (Å²) in [5.41, 5.74) is 3.81. The molecule has 10 rings (SSSR count). The topological polar surface area (TPSA) is 208 Å². The second-order valence-electron chi connectivity index (χ2n) is 21.9. The average Bonchev–Trinajstić information content (AvgIpc) is 4.40. The number of carbonyl (C=O) groups is 3. The van der Waals surface area contributed by atoms with E-state index in [1.165, 1.54) is 16.5 Å². The molecule has 18 heteroatoms. The molecule has 4 aliphatic rings. The molecular formula is C59H68N10O8. The maximum Gasteiger partial charge on any atom is 0.328 e. The number of carbonyl (C=O) groups excluding carboxylic acids is 3. The van der Waals surface area contributed by atoms with E-state index in [-0.39, 0.29) is 79.1 Å². The van der Waals surface area contributed by atoms with Crippen LogP contribution >= 0.6 is 0 Å². The number of methoxy groups -OCH3 is 1. The molecule has 0 aliphatic heterocycles. The first-order chi connectivity index (χ1) is 37.4. The monoisotopic (exact) mass is 1040 g/mol. The van der Waals surface area contributed by atoms with Crippen molar-refractivity contribution in [1.29, 1.82) is 0 Å². The van der Waals surface area contributed by atoms with Crippen LogP contribution in [0.3, 0.4) is 0 Å². The highest BCUT2D eigenvalue weighted by atomic mass is 16.6. The number of aromatic nitrogens is 6. The van der Waals surface area contributed by atoms with Crippen LogP contribution in [0.15, 0.2) is 142 Å². The molecule has 0 radical (unpaired) electrons. The summed E-state index contributed by atoms with van der Waals surface area (Å²) in [7, 11) is 1.44. The molecule has 0 saturated heterocycles. The Kier molecular flexibility index (Phi) is 16.3. The molecule has 402 valence electrons. The Hall–Kier alpha value is -7.63. The minimum atomic E-state index is -0.354. The lowest BCUT2D eigenvalue weighted by molar-refractivity contribution is -0.200. The first-order valence-corrected chi connectivity index (χ1v) is 27.0. The van der Waals surface area contributed by atoms with E-state index in [2.05, 4.69) is 61.9 Å². The number of fused-ring (bicyclic) bond motifs is 5. The van der Waals surface area contributed by atoms with Crippen molar-refractivity contribution in [1.82, 2.24) is 30.0 Å². The Bertz CT molecular complexity index is 3000. The summed E-state index contributed by atoms with van der Waals surface area (Å²) >= 11 is 0. The zero-order chi connectivity index (χ0) is 53.4. The minimum Gasteiger partial charge on any atom is -0.487 e. The smallest absolute Gasteiger partial charge is 0.328 e. The van der Waals surface area contributed by atoms with Gasteiger partial charge in [-0.2, -0.15) is 20.5 Å². The molecule has 0 amide bonds. The van der Waals surface area contributed by atoms with Gasteiger partial charge in [0.2, 0.25) is 0 Å². The van der Waals surface area contributed by atoms with E-state index >= 15 is 0 Å². The number of hydrogen-bond donors (Lipinski definition) is 0. The van der Waals surface area contributed by atoms with Crippen molar-refractivity contribution in [3.63, 3.8) is 0 Å². The fourth-order valence-corrected chi connectivity index (χ4v) is 13.4. The van der Waals surface area contributed by atoms with Gasteiger partial charge in [-0.25, -0.2) is 9.36 Å². The maximum atomic E-state index is 14.2. The Labute approximate surface area is 449 Å². The molecule has 6 aromatic rings. The molecule has 2 heterocycles. The third kappa shape index (κ3) is 12.5. The largest absolute Gasteiger partial charge is 0.487 e. The van der Waals surface area contributed by atoms with Gasteiger partial charge in [-0.05, 0) is 172 Å². The van der Waals surface area contributed by atoms with Gasteiger partial charge in [0.1, 0.15) is 61.4 Å². The zero-order valence-electron chi connectivity index (χ0n) is 44.3. The molecule has 2 aromatic heterocycles. The predicted octanol–water partition coefficient (Wildman–Crippen LogP) is 12.2. The van der Waals surface area contributed by atoms with Crippen LogP contribution in [-0.4, -0.2) is 67.2 Å². The first kappa shape index (κ1) is 52.8. The van der Waals surface area contributed by atoms with Crippen molar-refractivity contribution < 1.29 is 38.1 Å². The second kappa shape index (κ2) is 23.7. The normalized spacial score (nSPS) is 26.1. The highest BCUT2D eigenvalue weighted by Crippen LogP contribution is 2.69. The molecule has 0 spiro atoms. The van der Waals surface area contributed by atoms with Crippen molar-refractivity contribution in [2.75, 3.05) is 7.11 Å². The molecule has 10 atom stereocenters. The number of ether oxygens (including phenoxy) is 5. The van der Waals surface area contributed by atoms with Gasteiger partial charge in [-0.1, -0.05) is 67.6 Å². The van der Waals surface area contributed by atoms with Gasteiger partial charge < -0.3 is 23.7 Å². The van der Waals surface area contributed by atoms with Gasteiger partial charge in [-0.15, -0.1) is 10.2 Å². The number of benzene rings is 4. The lowest BCUT2D eigenvalue weighted by Gasteiger charge is -2.62. The van der Waals surface area contributed by atoms with E-state index in [1.807, 2.05) is 109 Å². The SMILES string of the molecule is COC(=O)CC[C@@H](C)[C@H]1CC[C@H]2[C@@H]3CC[C@@H]4C[C@H](OC(=O)Cn5cc(COc6ccc(N=Nc7ccccc7)cc6)nn5)CC[C@]4(C)[C@H]3C[C@H](OC(=O)Cn3cc(COc4ccc(N=Nc5ccccc5)cc4)nn3)[C@]12C. The van der Waals surface area contributed by atoms with Crippen LogP contribution < -0.4 is 9.47 Å². The summed E-state index contributed by atoms with van der Waals surface area (Å²) < 4.78 is 32.9. The third-order valence-corrected chi connectivity index (χ3v) is 17.3. The fraction of sp³-hybridized carbons (Fsp3) is 0.475. The highest BCUT2D eigenvalue weighted by molar-refractivity contribution is 5.70. The van der Waals surface area contributed by atoms with Gasteiger partial charge in [0.05, 0.1) is 42.3 Å². The van der Waals surface area contributed by atoms with E-state index in [0.29, 0.717) is 70.8 Å². The second-order valence-corrected chi connectivity index (χ2v) is 21.9. The molecule has 4 fully saturated rings. The van der Waals surface area contributed by atoms with Gasteiger partial charge in [-0.3, -0.25) is 14.4 Å². The number of nitrogens with zero attached hydrogens (tertiary/aromatic N) is 10. The van der Waals surface area contributed by atoms with Crippen molar-refractivity contribution in [2.24, 2.45) is 66.8 Å². The van der Waals surface area contributed by atoms with Crippen LogP contribution in [0.25, 0.3) is 0 Å². The fourth-order valence-electron chi connectivity index (χ4n) is 13.4. The van der Waals surface area contributed by atoms with Crippen LogP contribution in [0, 0.1) is 46.3 Å². The van der Waals surface area contributed by atoms with E-state index in [1.54, 1.807) is 12.4 Å². The van der Waals surface area contributed by atoms with Gasteiger partial charge in [0, 0.05) is 11.8 Å². The average molecular weight is 1050 g/mol. The zero-order valence-corrected chi connectivity index (χ0v) is 44.3. The lowest BCUT2D eigenvalue weighted by atomic mass is 9.43. The van der Waals surface area contributed by atoms with Gasteiger partial charge >= 0.3 is 17.9 Å². The van der Waals surface area contributed by atoms with Crippen molar-refractivity contribution in [3.8, 4) is 11.5 Å². The molecule has 0 bridgehead atoms. The molecule has 77 heavy (non-hydrogen) atoms. The number of esters is 3. The van der Waals surface area contributed by atoms with Crippen molar-refractivity contribution in [3.05, 3.63) is 133 Å². The standard InChI is InChI=1S/C59H68N10O8/c1-39(15-28-55(70)73-4)51-26-27-52-50-25-16-40-31-49(76-56(71)35-68-33-45(64-66-68)37-74-47-21-17-43(18-22-47)62-60-41-11-7-5-8-12-41)29-30-58(40,2)53(50)32-54(59(51,52)3)77-57(72)36-69-34-46(65-67-69)38-75-48-23-19-44(20-24-48)63-61-42-13-9-6-10-14-42/h5-14,17-24,33-34,39-40,49-54H,15-16,25-32,35-38H2,1-4H3/t39-,40-,49-,50+,51-,52+,53+,54+,58+,59-/m1/s1. The summed E-state index contributed by atoms with van der Waals surface area (Å²) in [6, 6.07) is 33.7. The number of azo groups is 2. The summed E-state index contributed by atoms with van der Waals surface area (Å²) in [6.07, 6.45) is 11.4. The Morgan fingerprint density at radius 3 is 1.70 bits per heavy atom. The van der Waals surface area contributed by atoms with E-state index in [9.17, 15) is 14.4 Å². The Balaban J connectivity index is 0.743. The summed E-state index contributed by atoms with van der Waals surface area (Å²) in [6.45, 7) is 7.26. The Morgan fingerprint density at radius 2 is 1.16 bits per heavy atom. The van der Waals surface area contributed by atoms with Crippen LogP contribution in [0.1, 0.15) is 96.4 Å². The molecule has 4 aromatic carbocycles. The van der Waals surface area contributed by atoms with Crippen LogP contribution in [0.5, 0.6) is 11.5 Å². The van der Waals surface area contributed by atoms with Crippen molar-refractivity contribution in [2.45, 2.75) is 123 Å². The predicted molar refractivity (Wildman–Crippen MR) is 284 cm³/mol. The first-order valence-electron chi connectivity index (χ1n) is 27.0. The number of rotatable bonds is 20. The molecule has 4 aliphatic carbocycles. The van der Waals surface area contributed by atoms with Crippen molar-refractivity contribution >= 4 is 40.7 Å². The summed E-state index contributed by atoms with van der Waals surface area (Å²) in [5.74, 6) is 2.39. The molecule has 4 saturated carbocycles. The molecular weight excluding hydrogens is 977 g/mol. The van der Waals surface area contributed by atoms with Crippen LogP contribution in [-0.2, 0) is 54.9 Å². The van der Waals surface area contributed by atoms with Crippen LogP contribution in [0.4, 0.5) is 22.7 Å². The van der Waals surface area contributed by atoms with E-state index < -0.39 is 0 Å². The maximum absolute atomic E-state index is 14.2. The minimum absolute atomic E-state index is 0.0207. The summed E-state index contributed by atoms with van der Waals surface area (Å²) in [4.78, 5) is 40.0. The highest BCUT2D eigenvalue weighted by Gasteiger charge is 2.65. The quantitative estimate of drug-likeness (QED) is 0.0397. The molecule has 0 N–H and O–H groups in total. The van der Waals surface area contributed by atoms with Gasteiger partial charge in [0.25, 0.3) is 0 Å². The summed E-state index contributed by atoms with van der Waals surface area (Å²) in [5, 5.41) is 34.1. The third-order valence-electron chi connectivity index (χ3n) is 17.3. The van der Waals surface area contributed by atoms with E-state index in [4.69, 9.17) is 23.7 Å². The number of hydrogen-bond acceptors (Lipinski definition) is 16. The molecule has 18 nitrogen and oxygen atoms in total. The molecule has 0 unspecified atom stereocenters. The lowest BCUT2D eigenvalue weighted by Crippen LogP contribution is -2.59. The van der Waals surface area contributed by atoms with E-state index in [0.717, 1.165) is 62.7 Å². The van der Waals surface area contributed by atoms with Gasteiger partial charge in [0.15, 0.2) is 0 Å². The van der Waals surface area contributed by atoms with Crippen LogP contribution in [0.2, 0.25) is 0 Å².